The molecule has 8 heteroatoms. The van der Waals surface area contributed by atoms with Gasteiger partial charge in [-0.2, -0.15) is 0 Å². The maximum absolute atomic E-state index is 13.8. The second-order valence-electron chi connectivity index (χ2n) is 6.43. The third kappa shape index (κ3) is 2.75. The smallest absolute Gasteiger partial charge is 0.333 e. The van der Waals surface area contributed by atoms with Gasteiger partial charge < -0.3 is 9.40 Å². The highest BCUT2D eigenvalue weighted by Gasteiger charge is 2.18. The van der Waals surface area contributed by atoms with Crippen molar-refractivity contribution in [1.29, 1.82) is 0 Å². The van der Waals surface area contributed by atoms with Gasteiger partial charge in [0, 0.05) is 28.6 Å². The first kappa shape index (κ1) is 17.4. The summed E-state index contributed by atoms with van der Waals surface area (Å²) in [5, 5.41) is 1.42. The first-order valence-corrected chi connectivity index (χ1v) is 8.98. The zero-order valence-corrected chi connectivity index (χ0v) is 15.4. The molecule has 0 aliphatic heterocycles. The van der Waals surface area contributed by atoms with E-state index in [-0.39, 0.29) is 16.8 Å². The molecule has 2 aromatic carbocycles. The molecule has 3 aromatic heterocycles. The van der Waals surface area contributed by atoms with Crippen LogP contribution in [0.5, 0.6) is 0 Å². The van der Waals surface area contributed by atoms with Gasteiger partial charge in [0.15, 0.2) is 0 Å². The number of hydrogen-bond donors (Lipinski definition) is 1. The molecule has 0 atom stereocenters. The van der Waals surface area contributed by atoms with Crippen LogP contribution in [0.1, 0.15) is 0 Å². The number of nitrogens with zero attached hydrogens (tertiary/aromatic N) is 2. The Hall–Kier alpha value is -3.71. The Bertz CT molecular complexity index is 1530. The first-order valence-electron chi connectivity index (χ1n) is 8.60. The largest absolute Gasteiger partial charge is 0.449 e. The van der Waals surface area contributed by atoms with Crippen molar-refractivity contribution in [2.45, 2.75) is 0 Å². The molecule has 3 heterocycles. The molecule has 0 aliphatic rings. The summed E-state index contributed by atoms with van der Waals surface area (Å²) in [5.74, 6) is -0.146. The predicted molar refractivity (Wildman–Crippen MR) is 108 cm³/mol. The minimum Gasteiger partial charge on any atom is -0.449 e. The number of nitrogens with one attached hydrogen (secondary N) is 1. The molecule has 142 valence electrons. The number of H-pyrrole nitrogens is 1. The van der Waals surface area contributed by atoms with Crippen LogP contribution in [0, 0.1) is 5.82 Å². The van der Waals surface area contributed by atoms with E-state index >= 15 is 0 Å². The fourth-order valence-electron chi connectivity index (χ4n) is 3.32. The lowest BCUT2D eigenvalue weighted by atomic mass is 10.1. The Morgan fingerprint density at radius 2 is 1.90 bits per heavy atom. The summed E-state index contributed by atoms with van der Waals surface area (Å²) < 4.78 is 20.4. The fraction of sp³-hybridized carbons (Fsp3) is 0. The SMILES string of the molecule is O=c1[nH]c2cc(-c3ccccc3Cl)oc2c(=O)n1-c1cncc2ccc(F)cc12. The van der Waals surface area contributed by atoms with Crippen LogP contribution >= 0.6 is 11.6 Å². The average molecular weight is 408 g/mol. The lowest BCUT2D eigenvalue weighted by Crippen LogP contribution is -2.33. The van der Waals surface area contributed by atoms with E-state index in [4.69, 9.17) is 16.0 Å². The van der Waals surface area contributed by atoms with Crippen molar-refractivity contribution in [3.05, 3.63) is 92.6 Å². The number of hydrogen-bond acceptors (Lipinski definition) is 4. The summed E-state index contributed by atoms with van der Waals surface area (Å²) in [6, 6.07) is 12.6. The second-order valence-corrected chi connectivity index (χ2v) is 6.84. The molecule has 0 aliphatic carbocycles. The van der Waals surface area contributed by atoms with E-state index in [9.17, 15) is 14.0 Å². The number of rotatable bonds is 2. The molecule has 0 saturated carbocycles. The molecule has 0 bridgehead atoms. The van der Waals surface area contributed by atoms with Crippen LogP contribution in [-0.2, 0) is 0 Å². The summed E-state index contributed by atoms with van der Waals surface area (Å²) >= 11 is 6.21. The molecule has 0 amide bonds. The topological polar surface area (TPSA) is 80.9 Å². The van der Waals surface area contributed by atoms with Gasteiger partial charge >= 0.3 is 11.2 Å². The Kier molecular flexibility index (Phi) is 3.85. The highest BCUT2D eigenvalue weighted by molar-refractivity contribution is 6.33. The van der Waals surface area contributed by atoms with Gasteiger partial charge in [-0.25, -0.2) is 13.8 Å². The summed E-state index contributed by atoms with van der Waals surface area (Å²) in [4.78, 5) is 32.5. The van der Waals surface area contributed by atoms with Crippen molar-refractivity contribution in [1.82, 2.24) is 14.5 Å². The van der Waals surface area contributed by atoms with E-state index in [1.54, 1.807) is 30.3 Å². The van der Waals surface area contributed by atoms with E-state index in [1.165, 1.54) is 30.6 Å². The molecule has 5 aromatic rings. The van der Waals surface area contributed by atoms with Crippen molar-refractivity contribution in [2.75, 3.05) is 0 Å². The minimum atomic E-state index is -0.687. The number of furan rings is 1. The Labute approximate surface area is 166 Å². The van der Waals surface area contributed by atoms with Gasteiger partial charge in [0.2, 0.25) is 5.58 Å². The van der Waals surface area contributed by atoms with Gasteiger partial charge in [0.25, 0.3) is 0 Å². The molecule has 0 spiro atoms. The van der Waals surface area contributed by atoms with Crippen LogP contribution in [0.4, 0.5) is 4.39 Å². The molecule has 0 unspecified atom stereocenters. The summed E-state index contributed by atoms with van der Waals surface area (Å²) in [6.07, 6.45) is 2.86. The first-order chi connectivity index (χ1) is 14.0. The fourth-order valence-corrected chi connectivity index (χ4v) is 3.55. The van der Waals surface area contributed by atoms with Crippen LogP contribution in [0.25, 0.3) is 38.9 Å². The van der Waals surface area contributed by atoms with Crippen LogP contribution in [0.3, 0.4) is 0 Å². The maximum Gasteiger partial charge on any atom is 0.333 e. The van der Waals surface area contributed by atoms with Crippen LogP contribution < -0.4 is 11.2 Å². The van der Waals surface area contributed by atoms with Gasteiger partial charge in [0.1, 0.15) is 11.6 Å². The third-order valence-electron chi connectivity index (χ3n) is 4.66. The van der Waals surface area contributed by atoms with Crippen LogP contribution in [-0.4, -0.2) is 14.5 Å². The molecule has 29 heavy (non-hydrogen) atoms. The number of halogens is 2. The standard InChI is InChI=1S/C21H11ClFN3O3/c22-15-4-2-1-3-13(15)18-8-16-19(29-18)20(27)26(21(28)25-16)17-10-24-9-11-5-6-12(23)7-14(11)17/h1-10H,(H,25,28). The molecular formula is C21H11ClFN3O3. The zero-order chi connectivity index (χ0) is 20.1. The average Bonchev–Trinajstić information content (AvgIpc) is 3.12. The Morgan fingerprint density at radius 3 is 2.72 bits per heavy atom. The Balaban J connectivity index is 1.81. The third-order valence-corrected chi connectivity index (χ3v) is 4.99. The molecule has 1 N–H and O–H groups in total. The quantitative estimate of drug-likeness (QED) is 0.473. The summed E-state index contributed by atoms with van der Waals surface area (Å²) in [7, 11) is 0. The van der Waals surface area contributed by atoms with Gasteiger partial charge in [-0.1, -0.05) is 23.7 Å². The number of aromatic amines is 1. The second kappa shape index (κ2) is 6.42. The van der Waals surface area contributed by atoms with Crippen molar-refractivity contribution in [2.24, 2.45) is 0 Å². The van der Waals surface area contributed by atoms with E-state index in [1.807, 2.05) is 0 Å². The predicted octanol–water partition coefficient (Wildman–Crippen LogP) is 4.28. The van der Waals surface area contributed by atoms with Crippen molar-refractivity contribution >= 4 is 33.5 Å². The summed E-state index contributed by atoms with van der Waals surface area (Å²) in [5.41, 5.74) is -0.427. The molecule has 5 rings (SSSR count). The molecular weight excluding hydrogens is 397 g/mol. The number of fused-ring (bicyclic) bond motifs is 2. The maximum atomic E-state index is 13.8. The molecule has 0 saturated heterocycles. The van der Waals surface area contributed by atoms with E-state index in [2.05, 4.69) is 9.97 Å². The van der Waals surface area contributed by atoms with Gasteiger partial charge in [-0.3, -0.25) is 9.78 Å². The lowest BCUT2D eigenvalue weighted by Gasteiger charge is -2.07. The number of benzene rings is 2. The monoisotopic (exact) mass is 407 g/mol. The molecule has 0 fully saturated rings. The molecule has 0 radical (unpaired) electrons. The van der Waals surface area contributed by atoms with Gasteiger partial charge in [0.05, 0.1) is 22.4 Å². The summed E-state index contributed by atoms with van der Waals surface area (Å²) in [6.45, 7) is 0. The van der Waals surface area contributed by atoms with E-state index in [0.29, 0.717) is 27.1 Å². The van der Waals surface area contributed by atoms with E-state index < -0.39 is 17.1 Å². The normalized spacial score (nSPS) is 11.4. The lowest BCUT2D eigenvalue weighted by molar-refractivity contribution is 0.620. The van der Waals surface area contributed by atoms with Crippen molar-refractivity contribution < 1.29 is 8.81 Å². The minimum absolute atomic E-state index is 0.0482. The molecule has 6 nitrogen and oxygen atoms in total. The van der Waals surface area contributed by atoms with Crippen LogP contribution in [0.15, 0.2) is 74.9 Å². The van der Waals surface area contributed by atoms with E-state index in [0.717, 1.165) is 4.57 Å². The number of pyridine rings is 1. The van der Waals surface area contributed by atoms with Crippen LogP contribution in [0.2, 0.25) is 5.02 Å². The van der Waals surface area contributed by atoms with Gasteiger partial charge in [-0.05, 0) is 30.3 Å². The Morgan fingerprint density at radius 1 is 1.07 bits per heavy atom. The number of aromatic nitrogens is 3. The highest BCUT2D eigenvalue weighted by atomic mass is 35.5. The zero-order valence-electron chi connectivity index (χ0n) is 14.6. The van der Waals surface area contributed by atoms with Crippen molar-refractivity contribution in [3.63, 3.8) is 0 Å². The van der Waals surface area contributed by atoms with Gasteiger partial charge in [-0.15, -0.1) is 0 Å². The van der Waals surface area contributed by atoms with Crippen molar-refractivity contribution in [3.8, 4) is 17.0 Å². The highest BCUT2D eigenvalue weighted by Crippen LogP contribution is 2.30.